The Morgan fingerprint density at radius 3 is 1.96 bits per heavy atom. The summed E-state index contributed by atoms with van der Waals surface area (Å²) in [5.74, 6) is 0.818. The van der Waals surface area contributed by atoms with E-state index in [-0.39, 0.29) is 17.9 Å². The number of hydrogen-bond donors (Lipinski definition) is 2. The SMILES string of the molecule is CCC1CCN(CCC(O)CCN2CCC(C(N)=O)CC2)CC1. The summed E-state index contributed by atoms with van der Waals surface area (Å²) in [6.45, 7) is 8.52. The second-order valence-electron chi connectivity index (χ2n) is 7.44. The summed E-state index contributed by atoms with van der Waals surface area (Å²) in [5, 5.41) is 10.2. The van der Waals surface area contributed by atoms with Crippen LogP contribution >= 0.6 is 0 Å². The lowest BCUT2D eigenvalue weighted by Gasteiger charge is -2.33. The van der Waals surface area contributed by atoms with Crippen LogP contribution in [0.3, 0.4) is 0 Å². The van der Waals surface area contributed by atoms with Crippen LogP contribution in [0, 0.1) is 11.8 Å². The van der Waals surface area contributed by atoms with Crippen LogP contribution < -0.4 is 5.73 Å². The molecule has 5 heteroatoms. The lowest BCUT2D eigenvalue weighted by atomic mass is 9.94. The minimum absolute atomic E-state index is 0.0576. The van der Waals surface area contributed by atoms with Gasteiger partial charge in [-0.2, -0.15) is 0 Å². The summed E-state index contributed by atoms with van der Waals surface area (Å²) >= 11 is 0. The molecule has 134 valence electrons. The number of carbonyl (C=O) groups is 1. The molecule has 0 aromatic rings. The molecule has 23 heavy (non-hydrogen) atoms. The number of nitrogens with zero attached hydrogens (tertiary/aromatic N) is 2. The highest BCUT2D eigenvalue weighted by Gasteiger charge is 2.23. The summed E-state index contributed by atoms with van der Waals surface area (Å²) in [5.41, 5.74) is 5.36. The van der Waals surface area contributed by atoms with Gasteiger partial charge in [0.25, 0.3) is 0 Å². The Labute approximate surface area is 141 Å². The minimum atomic E-state index is -0.201. The number of aliphatic hydroxyl groups is 1. The maximum Gasteiger partial charge on any atom is 0.220 e. The zero-order chi connectivity index (χ0) is 16.7. The Morgan fingerprint density at radius 1 is 1.04 bits per heavy atom. The standard InChI is InChI=1S/C18H35N3O2/c1-2-15-3-9-20(10-4-15)13-7-17(22)8-14-21-11-5-16(6-12-21)18(19)23/h15-17,22H,2-14H2,1H3,(H2,19,23). The van der Waals surface area contributed by atoms with E-state index in [9.17, 15) is 9.90 Å². The van der Waals surface area contributed by atoms with Gasteiger partial charge in [-0.1, -0.05) is 13.3 Å². The Balaban J connectivity index is 1.54. The van der Waals surface area contributed by atoms with Gasteiger partial charge >= 0.3 is 0 Å². The molecule has 3 N–H and O–H groups in total. The van der Waals surface area contributed by atoms with E-state index >= 15 is 0 Å². The molecule has 0 spiro atoms. The van der Waals surface area contributed by atoms with Gasteiger partial charge < -0.3 is 20.6 Å². The molecular weight excluding hydrogens is 290 g/mol. The van der Waals surface area contributed by atoms with Crippen LogP contribution in [0.1, 0.15) is 51.9 Å². The first kappa shape index (κ1) is 18.7. The van der Waals surface area contributed by atoms with Gasteiger partial charge in [0, 0.05) is 19.0 Å². The first-order valence-electron chi connectivity index (χ1n) is 9.50. The van der Waals surface area contributed by atoms with Crippen molar-refractivity contribution in [1.82, 2.24) is 9.80 Å². The number of amides is 1. The molecule has 1 amide bonds. The molecule has 2 heterocycles. The van der Waals surface area contributed by atoms with Crippen molar-refractivity contribution in [2.45, 2.75) is 58.0 Å². The molecule has 0 saturated carbocycles. The van der Waals surface area contributed by atoms with Gasteiger partial charge in [-0.05, 0) is 70.6 Å². The molecule has 0 aromatic carbocycles. The van der Waals surface area contributed by atoms with Crippen molar-refractivity contribution >= 4 is 5.91 Å². The number of carbonyl (C=O) groups excluding carboxylic acids is 1. The van der Waals surface area contributed by atoms with Crippen molar-refractivity contribution in [3.8, 4) is 0 Å². The van der Waals surface area contributed by atoms with E-state index in [0.717, 1.165) is 57.8 Å². The molecular formula is C18H35N3O2. The highest BCUT2D eigenvalue weighted by Crippen LogP contribution is 2.20. The summed E-state index contributed by atoms with van der Waals surface area (Å²) in [4.78, 5) is 16.0. The topological polar surface area (TPSA) is 69.8 Å². The van der Waals surface area contributed by atoms with Crippen LogP contribution in [0.4, 0.5) is 0 Å². The van der Waals surface area contributed by atoms with Crippen LogP contribution in [-0.4, -0.2) is 66.2 Å². The molecule has 0 bridgehead atoms. The quantitative estimate of drug-likeness (QED) is 0.709. The number of aliphatic hydroxyl groups excluding tert-OH is 1. The summed E-state index contributed by atoms with van der Waals surface area (Å²) < 4.78 is 0. The van der Waals surface area contributed by atoms with Gasteiger partial charge in [-0.3, -0.25) is 4.79 Å². The van der Waals surface area contributed by atoms with Gasteiger partial charge in [0.1, 0.15) is 0 Å². The summed E-state index contributed by atoms with van der Waals surface area (Å²) in [6, 6.07) is 0. The van der Waals surface area contributed by atoms with Crippen molar-refractivity contribution in [2.75, 3.05) is 39.3 Å². The van der Waals surface area contributed by atoms with Crippen molar-refractivity contribution in [1.29, 1.82) is 0 Å². The van der Waals surface area contributed by atoms with E-state index in [0.29, 0.717) is 0 Å². The Bertz CT molecular complexity index is 348. The molecule has 0 radical (unpaired) electrons. The Hall–Kier alpha value is -0.650. The van der Waals surface area contributed by atoms with E-state index in [4.69, 9.17) is 5.73 Å². The monoisotopic (exact) mass is 325 g/mol. The van der Waals surface area contributed by atoms with Gasteiger partial charge in [-0.25, -0.2) is 0 Å². The molecule has 2 aliphatic rings. The zero-order valence-corrected chi connectivity index (χ0v) is 14.8. The van der Waals surface area contributed by atoms with Crippen molar-refractivity contribution in [2.24, 2.45) is 17.6 Å². The average molecular weight is 325 g/mol. The third-order valence-corrected chi connectivity index (χ3v) is 5.83. The Morgan fingerprint density at radius 2 is 1.52 bits per heavy atom. The Kier molecular flexibility index (Phi) is 7.80. The van der Waals surface area contributed by atoms with Crippen LogP contribution in [-0.2, 0) is 4.79 Å². The van der Waals surface area contributed by atoms with Crippen LogP contribution in [0.15, 0.2) is 0 Å². The number of rotatable bonds is 8. The van der Waals surface area contributed by atoms with Crippen LogP contribution in [0.25, 0.3) is 0 Å². The maximum atomic E-state index is 11.2. The fourth-order valence-electron chi connectivity index (χ4n) is 3.87. The maximum absolute atomic E-state index is 11.2. The number of primary amides is 1. The predicted octanol–water partition coefficient (Wildman–Crippen LogP) is 1.45. The van der Waals surface area contributed by atoms with Gasteiger partial charge in [0.2, 0.25) is 5.91 Å². The lowest BCUT2D eigenvalue weighted by molar-refractivity contribution is -0.123. The van der Waals surface area contributed by atoms with E-state index in [2.05, 4.69) is 16.7 Å². The summed E-state index contributed by atoms with van der Waals surface area (Å²) in [6.07, 6.45) is 7.22. The molecule has 2 saturated heterocycles. The third-order valence-electron chi connectivity index (χ3n) is 5.83. The third kappa shape index (κ3) is 6.40. The smallest absolute Gasteiger partial charge is 0.220 e. The molecule has 5 nitrogen and oxygen atoms in total. The van der Waals surface area contributed by atoms with Crippen LogP contribution in [0.2, 0.25) is 0 Å². The van der Waals surface area contributed by atoms with Gasteiger partial charge in [0.15, 0.2) is 0 Å². The van der Waals surface area contributed by atoms with E-state index in [1.165, 1.54) is 32.4 Å². The fourth-order valence-corrected chi connectivity index (χ4v) is 3.87. The van der Waals surface area contributed by atoms with E-state index in [1.54, 1.807) is 0 Å². The number of likely N-dealkylation sites (tertiary alicyclic amines) is 2. The van der Waals surface area contributed by atoms with Crippen LogP contribution in [0.5, 0.6) is 0 Å². The first-order valence-corrected chi connectivity index (χ1v) is 9.50. The molecule has 2 fully saturated rings. The molecule has 2 rings (SSSR count). The second-order valence-corrected chi connectivity index (χ2v) is 7.44. The van der Waals surface area contributed by atoms with E-state index in [1.807, 2.05) is 0 Å². The summed E-state index contributed by atoms with van der Waals surface area (Å²) in [7, 11) is 0. The van der Waals surface area contributed by atoms with Gasteiger partial charge in [-0.15, -0.1) is 0 Å². The normalized spacial score (nSPS) is 23.9. The van der Waals surface area contributed by atoms with E-state index < -0.39 is 0 Å². The first-order chi connectivity index (χ1) is 11.1. The largest absolute Gasteiger partial charge is 0.393 e. The zero-order valence-electron chi connectivity index (χ0n) is 14.8. The number of hydrogen-bond acceptors (Lipinski definition) is 4. The second kappa shape index (κ2) is 9.60. The van der Waals surface area contributed by atoms with Crippen molar-refractivity contribution < 1.29 is 9.90 Å². The average Bonchev–Trinajstić information content (AvgIpc) is 2.59. The van der Waals surface area contributed by atoms with Gasteiger partial charge in [0.05, 0.1) is 6.10 Å². The molecule has 1 unspecified atom stereocenters. The van der Waals surface area contributed by atoms with Crippen molar-refractivity contribution in [3.63, 3.8) is 0 Å². The predicted molar refractivity (Wildman–Crippen MR) is 93.1 cm³/mol. The number of piperidine rings is 2. The highest BCUT2D eigenvalue weighted by molar-refractivity contribution is 5.76. The fraction of sp³-hybridized carbons (Fsp3) is 0.944. The lowest BCUT2D eigenvalue weighted by Crippen LogP contribution is -2.40. The molecule has 0 aliphatic carbocycles. The highest BCUT2D eigenvalue weighted by atomic mass is 16.3. The molecule has 2 aliphatic heterocycles. The molecule has 0 aromatic heterocycles. The molecule has 1 atom stereocenters. The van der Waals surface area contributed by atoms with Crippen molar-refractivity contribution in [3.05, 3.63) is 0 Å². The number of nitrogens with two attached hydrogens (primary N) is 1. The minimum Gasteiger partial charge on any atom is -0.393 e.